The van der Waals surface area contributed by atoms with Crippen molar-refractivity contribution >= 4 is 45.2 Å². The van der Waals surface area contributed by atoms with Gasteiger partial charge in [0.15, 0.2) is 0 Å². The first kappa shape index (κ1) is 34.3. The van der Waals surface area contributed by atoms with E-state index in [0.717, 1.165) is 12.8 Å². The maximum absolute atomic E-state index is 5.30. The molecule has 0 aromatic heterocycles. The molecule has 2 atom stereocenters. The molecule has 2 heteroatoms. The summed E-state index contributed by atoms with van der Waals surface area (Å²) >= 11 is -5.30. The van der Waals surface area contributed by atoms with Crippen molar-refractivity contribution in [3.63, 3.8) is 0 Å². The Morgan fingerprint density at radius 1 is 0.434 bits per heavy atom. The van der Waals surface area contributed by atoms with Crippen molar-refractivity contribution in [3.05, 3.63) is 185 Å². The van der Waals surface area contributed by atoms with Crippen LogP contribution in [0.5, 0.6) is 0 Å². The van der Waals surface area contributed by atoms with Crippen LogP contribution in [0, 0.1) is 0 Å². The van der Waals surface area contributed by atoms with E-state index in [-0.39, 0.29) is 8.45 Å². The van der Waals surface area contributed by atoms with Crippen LogP contribution in [-0.4, -0.2) is 7.63 Å². The summed E-state index contributed by atoms with van der Waals surface area (Å²) in [6.45, 7) is 4.79. The Balaban J connectivity index is 1.37. The van der Waals surface area contributed by atoms with Gasteiger partial charge in [0.2, 0.25) is 0 Å². The first-order valence-corrected chi connectivity index (χ1v) is 30.9. The third-order valence-corrected chi connectivity index (χ3v) is 34.9. The van der Waals surface area contributed by atoms with Crippen molar-refractivity contribution in [2.45, 2.75) is 50.8 Å². The standard InChI is InChI=1S/2C21H17.C6H5.3CH3.H2Si.Ti/c2*1-2-15-13-17-9-6-12-20(21(17)14-15)19-11-5-8-16-7-3-4-10-18(16)19;1-2-4-6-5-3-1;;;;;/h2*3-14H,2H2,1H3;1-5H;3*1H3;1H2;. The van der Waals surface area contributed by atoms with Crippen LogP contribution in [0.25, 0.3) is 56.0 Å². The first-order chi connectivity index (χ1) is 25.4. The predicted molar refractivity (Wildman–Crippen MR) is 233 cm³/mol. The summed E-state index contributed by atoms with van der Waals surface area (Å²) in [6.07, 6.45) is 7.26. The zero-order chi connectivity index (χ0) is 36.7. The average molecular weight is 739 g/mol. The summed E-state index contributed by atoms with van der Waals surface area (Å²) in [4.78, 5) is 0. The Labute approximate surface area is 312 Å². The van der Waals surface area contributed by atoms with Crippen LogP contribution >= 0.6 is 0 Å². The van der Waals surface area contributed by atoms with Crippen molar-refractivity contribution in [2.24, 2.45) is 0 Å². The van der Waals surface area contributed by atoms with E-state index in [1.165, 1.54) is 66.1 Å². The zero-order valence-corrected chi connectivity index (χ0v) is 34.8. The molecule has 0 bridgehead atoms. The minimum absolute atomic E-state index is 0.260. The first-order valence-electron chi connectivity index (χ1n) is 19.7. The summed E-state index contributed by atoms with van der Waals surface area (Å²) in [7, 11) is 2.46. The summed E-state index contributed by atoms with van der Waals surface area (Å²) in [5, 5.41) is 13.7. The van der Waals surface area contributed by atoms with E-state index >= 15 is 0 Å². The molecule has 0 N–H and O–H groups in total. The summed E-state index contributed by atoms with van der Waals surface area (Å²) in [6, 6.07) is 57.5. The van der Waals surface area contributed by atoms with Crippen molar-refractivity contribution < 1.29 is 11.5 Å². The van der Waals surface area contributed by atoms with Gasteiger partial charge >= 0.3 is 315 Å². The van der Waals surface area contributed by atoms with Gasteiger partial charge in [0.25, 0.3) is 0 Å². The Morgan fingerprint density at radius 2 is 0.811 bits per heavy atom. The molecule has 0 saturated heterocycles. The van der Waals surface area contributed by atoms with Gasteiger partial charge in [-0.3, -0.25) is 0 Å². The molecule has 0 amide bonds. The van der Waals surface area contributed by atoms with Crippen molar-refractivity contribution in [2.75, 3.05) is 0 Å². The molecule has 7 aromatic rings. The van der Waals surface area contributed by atoms with Crippen molar-refractivity contribution in [3.8, 4) is 22.3 Å². The second-order valence-electron chi connectivity index (χ2n) is 19.1. The number of hydrogen-bond acceptors (Lipinski definition) is 0. The number of allylic oxidation sites excluding steroid dienone is 2. The van der Waals surface area contributed by atoms with E-state index in [0.29, 0.717) is 0 Å². The summed E-state index contributed by atoms with van der Waals surface area (Å²) in [5.41, 5.74) is 14.3. The molecular weight excluding hydrogens is 689 g/mol. The minimum atomic E-state index is -5.30. The van der Waals surface area contributed by atoms with Gasteiger partial charge in [0.1, 0.15) is 0 Å². The topological polar surface area (TPSA) is 0 Å². The zero-order valence-electron chi connectivity index (χ0n) is 31.9. The quantitative estimate of drug-likeness (QED) is 0.143. The molecule has 2 aliphatic rings. The second kappa shape index (κ2) is 11.0. The maximum atomic E-state index is 2.83. The van der Waals surface area contributed by atoms with Gasteiger partial charge in [-0.05, 0) is 0 Å². The van der Waals surface area contributed by atoms with Gasteiger partial charge in [-0.15, -0.1) is 0 Å². The molecule has 0 fully saturated rings. The molecule has 53 heavy (non-hydrogen) atoms. The molecule has 7 aromatic carbocycles. The van der Waals surface area contributed by atoms with Crippen molar-refractivity contribution in [1.82, 2.24) is 0 Å². The van der Waals surface area contributed by atoms with Crippen LogP contribution in [0.4, 0.5) is 0 Å². The van der Waals surface area contributed by atoms with E-state index in [1.807, 2.05) is 0 Å². The average Bonchev–Trinajstić information content (AvgIpc) is 3.79. The molecular formula is C51H50SiTi. The molecule has 262 valence electrons. The molecule has 2 aliphatic carbocycles. The van der Waals surface area contributed by atoms with Crippen LogP contribution in [0.15, 0.2) is 163 Å². The van der Waals surface area contributed by atoms with Crippen LogP contribution in [-0.2, 0) is 11.5 Å². The molecule has 9 rings (SSSR count). The van der Waals surface area contributed by atoms with E-state index in [4.69, 9.17) is 0 Å². The molecule has 2 unspecified atom stereocenters. The van der Waals surface area contributed by atoms with Crippen LogP contribution < -0.4 is 3.87 Å². The number of fused-ring (bicyclic) bond motifs is 4. The fourth-order valence-electron chi connectivity index (χ4n) is 11.9. The number of rotatable bonds is 7. The van der Waals surface area contributed by atoms with E-state index < -0.39 is 11.5 Å². The van der Waals surface area contributed by atoms with E-state index in [9.17, 15) is 0 Å². The molecule has 0 spiro atoms. The van der Waals surface area contributed by atoms with Gasteiger partial charge in [0, 0.05) is 0 Å². The second-order valence-corrected chi connectivity index (χ2v) is 54.4. The fourth-order valence-corrected chi connectivity index (χ4v) is 33.2. The van der Waals surface area contributed by atoms with E-state index in [2.05, 4.69) is 201 Å². The molecule has 0 saturated carbocycles. The monoisotopic (exact) mass is 738 g/mol. The van der Waals surface area contributed by atoms with Gasteiger partial charge in [-0.1, -0.05) is 0 Å². The van der Waals surface area contributed by atoms with E-state index in [1.54, 1.807) is 15.0 Å². The van der Waals surface area contributed by atoms with Crippen LogP contribution in [0.1, 0.15) is 57.4 Å². The van der Waals surface area contributed by atoms with Crippen LogP contribution in [0.2, 0.25) is 15.7 Å². The van der Waals surface area contributed by atoms with Gasteiger partial charge in [-0.25, -0.2) is 0 Å². The molecule has 0 aliphatic heterocycles. The predicted octanol–water partition coefficient (Wildman–Crippen LogP) is 13.5. The summed E-state index contributed by atoms with van der Waals surface area (Å²) < 4.78 is 2.07. The Bertz CT molecular complexity index is 2670. The third kappa shape index (κ3) is 4.64. The fraction of sp³-hybridized carbons (Fsp3) is 0.176. The number of benzene rings is 7. The molecule has 0 radical (unpaired) electrons. The van der Waals surface area contributed by atoms with Crippen LogP contribution in [0.3, 0.4) is 0 Å². The summed E-state index contributed by atoms with van der Waals surface area (Å²) in [5.74, 6) is 0. The Hall–Kier alpha value is -4.53. The third-order valence-electron chi connectivity index (χ3n) is 14.2. The van der Waals surface area contributed by atoms with Gasteiger partial charge in [0.05, 0.1) is 0 Å². The van der Waals surface area contributed by atoms with Crippen molar-refractivity contribution in [1.29, 1.82) is 0 Å². The van der Waals surface area contributed by atoms with Gasteiger partial charge in [-0.2, -0.15) is 0 Å². The molecule has 0 nitrogen and oxygen atoms in total. The normalized spacial score (nSPS) is 18.7. The molecule has 0 heterocycles. The Morgan fingerprint density at radius 3 is 1.26 bits per heavy atom. The van der Waals surface area contributed by atoms with Gasteiger partial charge < -0.3 is 0 Å². The number of hydrogen-bond donors (Lipinski definition) is 0. The Kier molecular flexibility index (Phi) is 7.12. The SMILES string of the molecule is CCC1=Cc2c(-c3cccc4ccccc34)cccc2[CH]1[Ti]([CH3])([CH3])([CH3])(=[SiH2])([c]1ccccc1)[CH]1C(CC)=Cc2c(-c3cccc4ccccc34)cccc21.